The third kappa shape index (κ3) is 2.97. The molecule has 0 aliphatic heterocycles. The van der Waals surface area contributed by atoms with Crippen molar-refractivity contribution in [1.82, 2.24) is 0 Å². The van der Waals surface area contributed by atoms with Gasteiger partial charge in [0.15, 0.2) is 0 Å². The molecule has 0 saturated carbocycles. The highest BCUT2D eigenvalue weighted by Gasteiger charge is 2.18. The van der Waals surface area contributed by atoms with E-state index in [1.807, 2.05) is 0 Å². The average Bonchev–Trinajstić information content (AvgIpc) is 2.41. The standard InChI is InChI=1S/C20H26O/c1-12-8-14(3)16(5)18(10-12)17(6)19-11-13(2)9-15(4)20(19)21-7/h8-11,17H,1-7H3. The normalized spacial score (nSPS) is 12.3. The Morgan fingerprint density at radius 3 is 1.86 bits per heavy atom. The highest BCUT2D eigenvalue weighted by atomic mass is 16.5. The molecular formula is C20H26O. The number of ether oxygens (including phenoxy) is 1. The van der Waals surface area contributed by atoms with Gasteiger partial charge in [-0.1, -0.05) is 42.3 Å². The van der Waals surface area contributed by atoms with Gasteiger partial charge in [0.05, 0.1) is 7.11 Å². The number of aryl methyl sites for hydroxylation is 4. The molecule has 1 nitrogen and oxygen atoms in total. The molecule has 0 fully saturated rings. The number of rotatable bonds is 3. The lowest BCUT2D eigenvalue weighted by Gasteiger charge is -2.22. The van der Waals surface area contributed by atoms with Crippen LogP contribution in [-0.4, -0.2) is 7.11 Å². The zero-order chi connectivity index (χ0) is 15.7. The fraction of sp³-hybridized carbons (Fsp3) is 0.400. The third-order valence-electron chi connectivity index (χ3n) is 4.44. The van der Waals surface area contributed by atoms with Crippen molar-refractivity contribution in [3.8, 4) is 5.75 Å². The van der Waals surface area contributed by atoms with E-state index in [-0.39, 0.29) is 0 Å². The molecule has 2 aromatic rings. The molecule has 1 unspecified atom stereocenters. The second-order valence-electron chi connectivity index (χ2n) is 6.22. The minimum atomic E-state index is 0.331. The van der Waals surface area contributed by atoms with Gasteiger partial charge in [0.25, 0.3) is 0 Å². The summed E-state index contributed by atoms with van der Waals surface area (Å²) in [5, 5.41) is 0. The van der Waals surface area contributed by atoms with Crippen LogP contribution < -0.4 is 4.74 Å². The van der Waals surface area contributed by atoms with Crippen molar-refractivity contribution in [3.05, 3.63) is 63.2 Å². The van der Waals surface area contributed by atoms with Gasteiger partial charge in [0.2, 0.25) is 0 Å². The quantitative estimate of drug-likeness (QED) is 0.733. The summed E-state index contributed by atoms with van der Waals surface area (Å²) in [7, 11) is 1.77. The first-order valence-electron chi connectivity index (χ1n) is 7.58. The van der Waals surface area contributed by atoms with Crippen LogP contribution in [0.5, 0.6) is 5.75 Å². The van der Waals surface area contributed by atoms with Gasteiger partial charge >= 0.3 is 0 Å². The molecule has 0 saturated heterocycles. The Morgan fingerprint density at radius 2 is 1.29 bits per heavy atom. The lowest BCUT2D eigenvalue weighted by atomic mass is 9.85. The first-order chi connectivity index (χ1) is 9.85. The first-order valence-corrected chi connectivity index (χ1v) is 7.58. The summed E-state index contributed by atoms with van der Waals surface area (Å²) in [6, 6.07) is 9.01. The van der Waals surface area contributed by atoms with Crippen molar-refractivity contribution in [1.29, 1.82) is 0 Å². The van der Waals surface area contributed by atoms with Gasteiger partial charge in [-0.25, -0.2) is 0 Å². The summed E-state index contributed by atoms with van der Waals surface area (Å²) in [5.74, 6) is 1.35. The molecule has 0 spiro atoms. The van der Waals surface area contributed by atoms with Crippen molar-refractivity contribution in [2.75, 3.05) is 7.11 Å². The highest BCUT2D eigenvalue weighted by molar-refractivity contribution is 5.51. The van der Waals surface area contributed by atoms with Gasteiger partial charge < -0.3 is 4.74 Å². The Morgan fingerprint density at radius 1 is 0.762 bits per heavy atom. The molecule has 1 heteroatoms. The van der Waals surface area contributed by atoms with E-state index in [2.05, 4.69) is 65.8 Å². The lowest BCUT2D eigenvalue weighted by Crippen LogP contribution is -2.05. The van der Waals surface area contributed by atoms with Crippen LogP contribution in [0.25, 0.3) is 0 Å². The molecule has 21 heavy (non-hydrogen) atoms. The summed E-state index contributed by atoms with van der Waals surface area (Å²) < 4.78 is 5.67. The highest BCUT2D eigenvalue weighted by Crippen LogP contribution is 2.37. The van der Waals surface area contributed by atoms with E-state index in [4.69, 9.17) is 4.74 Å². The van der Waals surface area contributed by atoms with Crippen LogP contribution in [0, 0.1) is 34.6 Å². The molecule has 0 bridgehead atoms. The van der Waals surface area contributed by atoms with Crippen molar-refractivity contribution in [3.63, 3.8) is 0 Å². The van der Waals surface area contributed by atoms with Gasteiger partial charge in [-0.3, -0.25) is 0 Å². The molecule has 0 radical (unpaired) electrons. The molecular weight excluding hydrogens is 256 g/mol. The zero-order valence-electron chi connectivity index (χ0n) is 14.3. The summed E-state index contributed by atoms with van der Waals surface area (Å²) in [6.07, 6.45) is 0. The fourth-order valence-electron chi connectivity index (χ4n) is 3.28. The largest absolute Gasteiger partial charge is 0.496 e. The van der Waals surface area contributed by atoms with Crippen LogP contribution in [0.3, 0.4) is 0 Å². The SMILES string of the molecule is COc1c(C)cc(C)cc1C(C)c1cc(C)cc(C)c1C. The Hall–Kier alpha value is -1.76. The van der Waals surface area contributed by atoms with Gasteiger partial charge in [-0.15, -0.1) is 0 Å². The lowest BCUT2D eigenvalue weighted by molar-refractivity contribution is 0.405. The fourth-order valence-corrected chi connectivity index (χ4v) is 3.28. The average molecular weight is 282 g/mol. The molecule has 0 amide bonds. The summed E-state index contributed by atoms with van der Waals surface area (Å²) >= 11 is 0. The number of benzene rings is 2. The third-order valence-corrected chi connectivity index (χ3v) is 4.44. The van der Waals surface area contributed by atoms with Crippen LogP contribution in [-0.2, 0) is 0 Å². The minimum absolute atomic E-state index is 0.331. The van der Waals surface area contributed by atoms with E-state index in [0.29, 0.717) is 5.92 Å². The van der Waals surface area contributed by atoms with Crippen LogP contribution >= 0.6 is 0 Å². The van der Waals surface area contributed by atoms with Crippen molar-refractivity contribution in [2.45, 2.75) is 47.5 Å². The van der Waals surface area contributed by atoms with E-state index in [9.17, 15) is 0 Å². The predicted octanol–water partition coefficient (Wildman–Crippen LogP) is 5.39. The Kier molecular flexibility index (Phi) is 4.41. The molecule has 1 atom stereocenters. The smallest absolute Gasteiger partial charge is 0.125 e. The zero-order valence-corrected chi connectivity index (χ0v) is 14.3. The predicted molar refractivity (Wildman–Crippen MR) is 90.6 cm³/mol. The summed E-state index contributed by atoms with van der Waals surface area (Å²) in [6.45, 7) is 13.1. The van der Waals surface area contributed by atoms with E-state index < -0.39 is 0 Å². The maximum absolute atomic E-state index is 5.67. The van der Waals surface area contributed by atoms with E-state index >= 15 is 0 Å². The molecule has 0 N–H and O–H groups in total. The van der Waals surface area contributed by atoms with E-state index in [0.717, 1.165) is 5.75 Å². The van der Waals surface area contributed by atoms with Crippen LogP contribution in [0.15, 0.2) is 24.3 Å². The second kappa shape index (κ2) is 5.93. The van der Waals surface area contributed by atoms with Gasteiger partial charge in [0, 0.05) is 11.5 Å². The molecule has 112 valence electrons. The maximum atomic E-state index is 5.67. The Labute approximate surface area is 129 Å². The number of methoxy groups -OCH3 is 1. The number of hydrogen-bond donors (Lipinski definition) is 0. The molecule has 0 heterocycles. The molecule has 0 aliphatic rings. The summed E-state index contributed by atoms with van der Waals surface area (Å²) in [5.41, 5.74) is 9.25. The number of hydrogen-bond acceptors (Lipinski definition) is 1. The Balaban J connectivity index is 2.62. The topological polar surface area (TPSA) is 9.23 Å². The minimum Gasteiger partial charge on any atom is -0.496 e. The maximum Gasteiger partial charge on any atom is 0.125 e. The van der Waals surface area contributed by atoms with Crippen molar-refractivity contribution in [2.24, 2.45) is 0 Å². The second-order valence-corrected chi connectivity index (χ2v) is 6.22. The molecule has 0 aromatic heterocycles. The molecule has 0 aliphatic carbocycles. The molecule has 2 rings (SSSR count). The summed E-state index contributed by atoms with van der Waals surface area (Å²) in [4.78, 5) is 0. The van der Waals surface area contributed by atoms with Gasteiger partial charge in [-0.2, -0.15) is 0 Å². The Bertz CT molecular complexity index is 668. The van der Waals surface area contributed by atoms with Crippen LogP contribution in [0.4, 0.5) is 0 Å². The first kappa shape index (κ1) is 15.6. The monoisotopic (exact) mass is 282 g/mol. The van der Waals surface area contributed by atoms with E-state index in [1.165, 1.54) is 38.9 Å². The van der Waals surface area contributed by atoms with Gasteiger partial charge in [-0.05, 0) is 56.9 Å². The van der Waals surface area contributed by atoms with Crippen molar-refractivity contribution < 1.29 is 4.74 Å². The van der Waals surface area contributed by atoms with Crippen LogP contribution in [0.2, 0.25) is 0 Å². The van der Waals surface area contributed by atoms with E-state index in [1.54, 1.807) is 7.11 Å². The van der Waals surface area contributed by atoms with Crippen LogP contribution in [0.1, 0.15) is 51.8 Å². The molecule has 2 aromatic carbocycles. The van der Waals surface area contributed by atoms with Crippen molar-refractivity contribution >= 4 is 0 Å². The van der Waals surface area contributed by atoms with Gasteiger partial charge in [0.1, 0.15) is 5.75 Å².